The molecule has 1 aliphatic rings. The molecule has 79 valence electrons. The molecule has 1 heterocycles. The lowest BCUT2D eigenvalue weighted by Crippen LogP contribution is -2.47. The standard InChI is InChI=1S/C8H16BN2O3/c1-2-6(10)8(12)11-5-3-4-7(11)9-14-13/h6-7,13H,2-5,10H2,1H3. The van der Waals surface area contributed by atoms with Crippen LogP contribution in [0.15, 0.2) is 0 Å². The monoisotopic (exact) mass is 199 g/mol. The van der Waals surface area contributed by atoms with Crippen molar-refractivity contribution in [2.75, 3.05) is 6.54 Å². The van der Waals surface area contributed by atoms with Crippen molar-refractivity contribution in [3.05, 3.63) is 0 Å². The van der Waals surface area contributed by atoms with Crippen LogP contribution in [-0.2, 0) is 9.60 Å². The first kappa shape index (κ1) is 11.5. The lowest BCUT2D eigenvalue weighted by molar-refractivity contribution is -0.144. The molecular formula is C8H16BN2O3. The van der Waals surface area contributed by atoms with E-state index < -0.39 is 6.04 Å². The number of amides is 1. The van der Waals surface area contributed by atoms with E-state index in [9.17, 15) is 4.79 Å². The van der Waals surface area contributed by atoms with Crippen molar-refractivity contribution in [3.8, 4) is 0 Å². The molecule has 0 saturated carbocycles. The van der Waals surface area contributed by atoms with Crippen LogP contribution in [0.2, 0.25) is 0 Å². The quantitative estimate of drug-likeness (QED) is 0.373. The van der Waals surface area contributed by atoms with Gasteiger partial charge in [0.15, 0.2) is 0 Å². The maximum absolute atomic E-state index is 11.7. The van der Waals surface area contributed by atoms with Crippen molar-refractivity contribution in [2.24, 2.45) is 5.73 Å². The van der Waals surface area contributed by atoms with E-state index in [1.54, 1.807) is 4.90 Å². The minimum atomic E-state index is -0.442. The van der Waals surface area contributed by atoms with Gasteiger partial charge in [0.1, 0.15) is 0 Å². The van der Waals surface area contributed by atoms with Gasteiger partial charge in [-0.1, -0.05) is 6.92 Å². The molecule has 0 aliphatic carbocycles. The summed E-state index contributed by atoms with van der Waals surface area (Å²) in [5, 5.41) is 8.30. The largest absolute Gasteiger partial charge is 0.368 e. The molecule has 6 heteroatoms. The minimum absolute atomic E-state index is 0.0664. The van der Waals surface area contributed by atoms with Crippen molar-refractivity contribution in [3.63, 3.8) is 0 Å². The molecule has 0 aromatic heterocycles. The second-order valence-corrected chi connectivity index (χ2v) is 3.50. The fourth-order valence-electron chi connectivity index (χ4n) is 1.67. The molecule has 5 nitrogen and oxygen atoms in total. The van der Waals surface area contributed by atoms with E-state index in [1.165, 1.54) is 7.48 Å². The first-order valence-corrected chi connectivity index (χ1v) is 4.90. The fraction of sp³-hybridized carbons (Fsp3) is 0.875. The third-order valence-electron chi connectivity index (χ3n) is 2.56. The van der Waals surface area contributed by atoms with Gasteiger partial charge in [-0.25, -0.2) is 0 Å². The number of hydrogen-bond acceptors (Lipinski definition) is 4. The van der Waals surface area contributed by atoms with Crippen molar-refractivity contribution < 1.29 is 14.9 Å². The molecule has 0 spiro atoms. The summed E-state index contributed by atoms with van der Waals surface area (Å²) in [5.41, 5.74) is 5.65. The third-order valence-corrected chi connectivity index (χ3v) is 2.56. The summed E-state index contributed by atoms with van der Waals surface area (Å²) in [6.45, 7) is 2.57. The zero-order chi connectivity index (χ0) is 10.6. The number of hydrogen-bond donors (Lipinski definition) is 2. The normalized spacial score (nSPS) is 23.6. The van der Waals surface area contributed by atoms with Crippen LogP contribution >= 0.6 is 0 Å². The number of carbonyl (C=O) groups is 1. The molecule has 14 heavy (non-hydrogen) atoms. The lowest BCUT2D eigenvalue weighted by atomic mass is 9.86. The van der Waals surface area contributed by atoms with E-state index >= 15 is 0 Å². The molecule has 3 N–H and O–H groups in total. The molecule has 1 rings (SSSR count). The number of nitrogens with zero attached hydrogens (tertiary/aromatic N) is 1. The molecule has 0 bridgehead atoms. The molecular weight excluding hydrogens is 183 g/mol. The molecule has 0 aromatic rings. The zero-order valence-corrected chi connectivity index (χ0v) is 8.35. The van der Waals surface area contributed by atoms with Crippen molar-refractivity contribution in [1.82, 2.24) is 4.90 Å². The summed E-state index contributed by atoms with van der Waals surface area (Å²) in [5.74, 6) is -0.201. The van der Waals surface area contributed by atoms with E-state index in [2.05, 4.69) is 4.81 Å². The summed E-state index contributed by atoms with van der Waals surface area (Å²) in [6.07, 6.45) is 2.37. The Hall–Kier alpha value is -0.585. The van der Waals surface area contributed by atoms with Crippen LogP contribution in [0.1, 0.15) is 26.2 Å². The van der Waals surface area contributed by atoms with E-state index in [1.807, 2.05) is 6.92 Å². The zero-order valence-electron chi connectivity index (χ0n) is 8.35. The van der Waals surface area contributed by atoms with Gasteiger partial charge in [-0.05, 0) is 19.3 Å². The van der Waals surface area contributed by atoms with Gasteiger partial charge >= 0.3 is 7.48 Å². The first-order valence-electron chi connectivity index (χ1n) is 4.90. The molecule has 1 fully saturated rings. The van der Waals surface area contributed by atoms with E-state index in [-0.39, 0.29) is 11.8 Å². The number of likely N-dealkylation sites (tertiary alicyclic amines) is 1. The maximum Gasteiger partial charge on any atom is 0.368 e. The van der Waals surface area contributed by atoms with Crippen LogP contribution in [0.4, 0.5) is 0 Å². The van der Waals surface area contributed by atoms with Crippen LogP contribution in [0.25, 0.3) is 0 Å². The van der Waals surface area contributed by atoms with Crippen LogP contribution in [0.5, 0.6) is 0 Å². The second kappa shape index (κ2) is 5.33. The molecule has 2 unspecified atom stereocenters. The van der Waals surface area contributed by atoms with E-state index in [4.69, 9.17) is 11.0 Å². The Morgan fingerprint density at radius 2 is 2.57 bits per heavy atom. The summed E-state index contributed by atoms with van der Waals surface area (Å²) in [4.78, 5) is 17.3. The Labute approximate surface area is 84.4 Å². The smallest absolute Gasteiger partial charge is 0.343 e. The first-order chi connectivity index (χ1) is 6.70. The van der Waals surface area contributed by atoms with Gasteiger partial charge in [-0.15, -0.1) is 0 Å². The highest BCUT2D eigenvalue weighted by Crippen LogP contribution is 2.17. The number of rotatable bonds is 4. The van der Waals surface area contributed by atoms with Crippen LogP contribution in [-0.4, -0.2) is 42.1 Å². The third kappa shape index (κ3) is 2.46. The Balaban J connectivity index is 2.53. The van der Waals surface area contributed by atoms with Gasteiger partial charge in [0.25, 0.3) is 0 Å². The Morgan fingerprint density at radius 3 is 3.14 bits per heavy atom. The molecule has 1 amide bonds. The van der Waals surface area contributed by atoms with Gasteiger partial charge in [0.2, 0.25) is 5.91 Å². The highest BCUT2D eigenvalue weighted by molar-refractivity contribution is 6.30. The second-order valence-electron chi connectivity index (χ2n) is 3.50. The van der Waals surface area contributed by atoms with Crippen LogP contribution < -0.4 is 5.73 Å². The maximum atomic E-state index is 11.7. The highest BCUT2D eigenvalue weighted by atomic mass is 17.1. The highest BCUT2D eigenvalue weighted by Gasteiger charge is 2.32. The van der Waals surface area contributed by atoms with Gasteiger partial charge < -0.3 is 15.4 Å². The molecule has 1 radical (unpaired) electrons. The summed E-state index contributed by atoms with van der Waals surface area (Å²) < 4.78 is 0. The van der Waals surface area contributed by atoms with Crippen LogP contribution in [0, 0.1) is 0 Å². The predicted molar refractivity (Wildman–Crippen MR) is 52.5 cm³/mol. The SMILES string of the molecule is CCC(N)C(=O)N1CCCC1[B]OO. The lowest BCUT2D eigenvalue weighted by Gasteiger charge is -2.25. The number of carbonyl (C=O) groups excluding carboxylic acids is 1. The Bertz CT molecular complexity index is 203. The summed E-state index contributed by atoms with van der Waals surface area (Å²) >= 11 is 0. The van der Waals surface area contributed by atoms with Crippen molar-refractivity contribution in [1.29, 1.82) is 0 Å². The summed E-state index contributed by atoms with van der Waals surface area (Å²) in [7, 11) is 1.27. The van der Waals surface area contributed by atoms with Crippen molar-refractivity contribution >= 4 is 13.4 Å². The minimum Gasteiger partial charge on any atom is -0.343 e. The molecule has 2 atom stereocenters. The van der Waals surface area contributed by atoms with E-state index in [0.717, 1.165) is 12.8 Å². The van der Waals surface area contributed by atoms with Gasteiger partial charge in [-0.2, -0.15) is 0 Å². The topological polar surface area (TPSA) is 75.8 Å². The molecule has 1 saturated heterocycles. The predicted octanol–water partition coefficient (Wildman–Crippen LogP) is -0.219. The Morgan fingerprint density at radius 1 is 1.86 bits per heavy atom. The van der Waals surface area contributed by atoms with Crippen LogP contribution in [0.3, 0.4) is 0 Å². The van der Waals surface area contributed by atoms with Gasteiger partial charge in [-0.3, -0.25) is 10.1 Å². The summed E-state index contributed by atoms with van der Waals surface area (Å²) in [6, 6.07) is -0.442. The molecule has 1 aliphatic heterocycles. The van der Waals surface area contributed by atoms with Gasteiger partial charge in [0, 0.05) is 12.5 Å². The van der Waals surface area contributed by atoms with E-state index in [0.29, 0.717) is 13.0 Å². The fourth-order valence-corrected chi connectivity index (χ4v) is 1.67. The number of nitrogens with two attached hydrogens (primary N) is 1. The molecule has 0 aromatic carbocycles. The average Bonchev–Trinajstić information content (AvgIpc) is 2.64. The Kier molecular flexibility index (Phi) is 4.38. The van der Waals surface area contributed by atoms with Gasteiger partial charge in [0.05, 0.1) is 6.04 Å². The van der Waals surface area contributed by atoms with Crippen molar-refractivity contribution in [2.45, 2.75) is 38.2 Å². The average molecular weight is 199 g/mol.